The molecule has 0 spiro atoms. The van der Waals surface area contributed by atoms with E-state index in [1.54, 1.807) is 28.1 Å². The third kappa shape index (κ3) is 1.50. The summed E-state index contributed by atoms with van der Waals surface area (Å²) in [5.74, 6) is 0. The Bertz CT molecular complexity index is 19.4. The molecule has 6 heavy (non-hydrogen) atoms. The van der Waals surface area contributed by atoms with E-state index in [1.807, 2.05) is 0 Å². The molecule has 0 aliphatic carbocycles. The Morgan fingerprint density at radius 1 is 0.833 bits per heavy atom. The van der Waals surface area contributed by atoms with Gasteiger partial charge in [0.15, 0.2) is 0 Å². The Morgan fingerprint density at radius 3 is 1.67 bits per heavy atom. The van der Waals surface area contributed by atoms with Crippen molar-refractivity contribution in [3.63, 3.8) is 0 Å². The van der Waals surface area contributed by atoms with Gasteiger partial charge in [0.05, 0.1) is 0 Å². The molecule has 36 valence electrons. The Hall–Kier alpha value is 0.799. The summed E-state index contributed by atoms with van der Waals surface area (Å²) >= 11 is 0.000833. The van der Waals surface area contributed by atoms with Crippen LogP contribution in [0.4, 0.5) is 0 Å². The summed E-state index contributed by atoms with van der Waals surface area (Å²) in [5, 5.41) is 0. The van der Waals surface area contributed by atoms with Crippen LogP contribution in [0.5, 0.6) is 0 Å². The molecule has 1 rings (SSSR count). The Balaban J connectivity index is 2.00. The van der Waals surface area contributed by atoms with Gasteiger partial charge < -0.3 is 0 Å². The molecule has 0 radical (unpaired) electrons. The van der Waals surface area contributed by atoms with Crippen LogP contribution in [0.2, 0.25) is 8.87 Å². The Morgan fingerprint density at radius 2 is 1.50 bits per heavy atom. The average molecular weight is 191 g/mol. The van der Waals surface area contributed by atoms with E-state index in [2.05, 4.69) is 0 Å². The van der Waals surface area contributed by atoms with Crippen molar-refractivity contribution in [2.24, 2.45) is 0 Å². The van der Waals surface area contributed by atoms with Crippen molar-refractivity contribution in [2.45, 2.75) is 28.1 Å². The second-order valence-electron chi connectivity index (χ2n) is 2.12. The van der Waals surface area contributed by atoms with Crippen molar-refractivity contribution in [3.8, 4) is 0 Å². The first-order valence-corrected chi connectivity index (χ1v) is 8.71. The van der Waals surface area contributed by atoms with Crippen molar-refractivity contribution in [3.05, 3.63) is 0 Å². The van der Waals surface area contributed by atoms with E-state index in [-0.39, 0.29) is 21.1 Å². The second kappa shape index (κ2) is 2.89. The molecule has 0 N–H and O–H groups in total. The van der Waals surface area contributed by atoms with Crippen LogP contribution in [0.1, 0.15) is 19.3 Å². The molecule has 0 unspecified atom stereocenters. The first-order chi connectivity index (χ1) is 3.00. The van der Waals surface area contributed by atoms with Gasteiger partial charge in [-0.15, -0.1) is 0 Å². The van der Waals surface area contributed by atoms with Gasteiger partial charge in [0.2, 0.25) is 0 Å². The molecule has 0 atom stereocenters. The third-order valence-corrected chi connectivity index (χ3v) is 7.21. The molecule has 0 bridgehead atoms. The predicted molar refractivity (Wildman–Crippen MR) is 32.0 cm³/mol. The SMILES string of the molecule is C1C[CH2][SnH2][CH2]C1. The van der Waals surface area contributed by atoms with Gasteiger partial charge in [0, 0.05) is 0 Å². The molecule has 1 saturated heterocycles. The van der Waals surface area contributed by atoms with Gasteiger partial charge in [-0.1, -0.05) is 0 Å². The standard InChI is InChI=1S/C5H10.Sn.2H/c1-3-5-4-2;;;/h1-5H2;;;. The van der Waals surface area contributed by atoms with Crippen molar-refractivity contribution < 1.29 is 0 Å². The van der Waals surface area contributed by atoms with E-state index in [1.165, 1.54) is 0 Å². The quantitative estimate of drug-likeness (QED) is 0.504. The molecule has 1 aliphatic heterocycles. The number of hydrogen-bond donors (Lipinski definition) is 0. The Labute approximate surface area is 49.5 Å². The molecule has 0 aromatic rings. The second-order valence-corrected chi connectivity index (χ2v) is 8.18. The van der Waals surface area contributed by atoms with E-state index in [0.29, 0.717) is 0 Å². The van der Waals surface area contributed by atoms with E-state index in [9.17, 15) is 0 Å². The third-order valence-electron chi connectivity index (χ3n) is 1.50. The summed E-state index contributed by atoms with van der Waals surface area (Å²) in [5.41, 5.74) is 0. The first kappa shape index (κ1) is 4.95. The molecule has 1 heterocycles. The molecule has 0 amide bonds. The zero-order valence-electron chi connectivity index (χ0n) is 4.24. The van der Waals surface area contributed by atoms with Gasteiger partial charge >= 0.3 is 49.3 Å². The van der Waals surface area contributed by atoms with Crippen molar-refractivity contribution in [1.29, 1.82) is 0 Å². The van der Waals surface area contributed by atoms with E-state index in [4.69, 9.17) is 0 Å². The Kier molecular flexibility index (Phi) is 2.38. The summed E-state index contributed by atoms with van der Waals surface area (Å²) in [6.07, 6.45) is 4.74. The van der Waals surface area contributed by atoms with E-state index in [0.717, 1.165) is 0 Å². The van der Waals surface area contributed by atoms with Crippen molar-refractivity contribution in [2.75, 3.05) is 0 Å². The summed E-state index contributed by atoms with van der Waals surface area (Å²) < 4.78 is 3.42. The minimum absolute atomic E-state index is 0.000833. The summed E-state index contributed by atoms with van der Waals surface area (Å²) in [7, 11) is 0. The van der Waals surface area contributed by atoms with Gasteiger partial charge in [-0.05, 0) is 0 Å². The van der Waals surface area contributed by atoms with Crippen molar-refractivity contribution >= 4 is 21.1 Å². The van der Waals surface area contributed by atoms with Crippen LogP contribution in [0, 0.1) is 0 Å². The fourth-order valence-corrected chi connectivity index (χ4v) is 6.11. The summed E-state index contributed by atoms with van der Waals surface area (Å²) in [6, 6.07) is 0. The molecule has 0 aromatic heterocycles. The minimum atomic E-state index is 0.000833. The van der Waals surface area contributed by atoms with Gasteiger partial charge in [-0.3, -0.25) is 0 Å². The number of hydrogen-bond acceptors (Lipinski definition) is 0. The van der Waals surface area contributed by atoms with Crippen LogP contribution in [0.3, 0.4) is 0 Å². The topological polar surface area (TPSA) is 0 Å². The van der Waals surface area contributed by atoms with E-state index >= 15 is 0 Å². The van der Waals surface area contributed by atoms with Crippen molar-refractivity contribution in [1.82, 2.24) is 0 Å². The predicted octanol–water partition coefficient (Wildman–Crippen LogP) is 1.18. The van der Waals surface area contributed by atoms with Crippen LogP contribution in [0.25, 0.3) is 0 Å². The first-order valence-electron chi connectivity index (χ1n) is 3.00. The van der Waals surface area contributed by atoms with Gasteiger partial charge in [0.1, 0.15) is 0 Å². The van der Waals surface area contributed by atoms with E-state index < -0.39 is 0 Å². The number of rotatable bonds is 0. The fraction of sp³-hybridized carbons (Fsp3) is 1.00. The molecular weight excluding hydrogens is 179 g/mol. The average Bonchev–Trinajstić information content (AvgIpc) is 1.72. The zero-order chi connectivity index (χ0) is 4.24. The molecule has 1 fully saturated rings. The van der Waals surface area contributed by atoms with Gasteiger partial charge in [-0.2, -0.15) is 0 Å². The molecular formula is C5H12Sn. The van der Waals surface area contributed by atoms with Crippen LogP contribution in [-0.2, 0) is 0 Å². The van der Waals surface area contributed by atoms with Crippen LogP contribution in [-0.4, -0.2) is 21.1 Å². The van der Waals surface area contributed by atoms with Crippen LogP contribution in [0.15, 0.2) is 0 Å². The maximum absolute atomic E-state index is 1.71. The summed E-state index contributed by atoms with van der Waals surface area (Å²) in [6.45, 7) is 0. The van der Waals surface area contributed by atoms with Gasteiger partial charge in [0.25, 0.3) is 0 Å². The monoisotopic (exact) mass is 192 g/mol. The fourth-order valence-electron chi connectivity index (χ4n) is 1.06. The molecule has 1 aliphatic rings. The molecule has 0 aromatic carbocycles. The molecule has 0 saturated carbocycles. The van der Waals surface area contributed by atoms with Crippen LogP contribution >= 0.6 is 0 Å². The van der Waals surface area contributed by atoms with Crippen LogP contribution < -0.4 is 0 Å². The molecule has 1 heteroatoms. The molecule has 0 nitrogen and oxygen atoms in total. The summed E-state index contributed by atoms with van der Waals surface area (Å²) in [4.78, 5) is 0. The maximum atomic E-state index is 1.71. The zero-order valence-corrected chi connectivity index (χ0v) is 8.28. The van der Waals surface area contributed by atoms with Gasteiger partial charge in [-0.25, -0.2) is 0 Å². The normalized spacial score (nSPS) is 24.0.